The molecule has 13 rings (SSSR count). The van der Waals surface area contributed by atoms with Crippen molar-refractivity contribution in [3.8, 4) is 0 Å². The number of rotatable bonds is 37. The van der Waals surface area contributed by atoms with Crippen LogP contribution in [0.15, 0.2) is 303 Å². The molecule has 3 fully saturated rings. The minimum absolute atomic E-state index is 0.0565. The minimum Gasteiger partial charge on any atom is -0.374 e. The van der Waals surface area contributed by atoms with Gasteiger partial charge in [-0.1, -0.05) is 303 Å². The Bertz CT molecular complexity index is 3960. The van der Waals surface area contributed by atoms with Crippen molar-refractivity contribution in [1.82, 2.24) is 0 Å². The Morgan fingerprint density at radius 3 is 0.721 bits per heavy atom. The van der Waals surface area contributed by atoms with Crippen molar-refractivity contribution in [3.63, 3.8) is 0 Å². The van der Waals surface area contributed by atoms with Crippen LogP contribution in [-0.2, 0) is 137 Å². The number of hydrogen-bond acceptors (Lipinski definition) is 16. The van der Waals surface area contributed by atoms with Crippen LogP contribution in [0.1, 0.15) is 55.6 Å². The van der Waals surface area contributed by atoms with Gasteiger partial charge in [0.05, 0.1) is 85.9 Å². The molecule has 540 valence electrons. The highest BCUT2D eigenvalue weighted by Crippen LogP contribution is 2.38. The van der Waals surface area contributed by atoms with Crippen molar-refractivity contribution in [3.05, 3.63) is 359 Å². The predicted octanol–water partition coefficient (Wildman–Crippen LogP) is 14.7. The molecule has 3 heterocycles. The zero-order valence-electron chi connectivity index (χ0n) is 58.3. The summed E-state index contributed by atoms with van der Waals surface area (Å²) in [4.78, 5) is 0. The van der Waals surface area contributed by atoms with Gasteiger partial charge in [-0.2, -0.15) is 0 Å². The summed E-state index contributed by atoms with van der Waals surface area (Å²) in [5.41, 5.74) is 9.28. The van der Waals surface area contributed by atoms with Gasteiger partial charge in [-0.3, -0.25) is 0 Å². The summed E-state index contributed by atoms with van der Waals surface area (Å²) in [7, 11) is 0. The fourth-order valence-corrected chi connectivity index (χ4v) is 13.2. The van der Waals surface area contributed by atoms with E-state index >= 15 is 0 Å². The van der Waals surface area contributed by atoms with Crippen LogP contribution in [0.4, 0.5) is 0 Å². The Hall–Kier alpha value is -8.44. The molecule has 10 aromatic carbocycles. The zero-order chi connectivity index (χ0) is 70.6. The second-order valence-corrected chi connectivity index (χ2v) is 26.2. The predicted molar refractivity (Wildman–Crippen MR) is 391 cm³/mol. The molecule has 15 atom stereocenters. The van der Waals surface area contributed by atoms with Gasteiger partial charge in [-0.15, -0.1) is 0 Å². The monoisotopic (exact) mass is 1400 g/mol. The molecule has 10 aromatic rings. The van der Waals surface area contributed by atoms with E-state index in [9.17, 15) is 5.11 Å². The lowest BCUT2D eigenvalue weighted by Crippen LogP contribution is -2.66. The largest absolute Gasteiger partial charge is 0.374 e. The first-order valence-corrected chi connectivity index (χ1v) is 35.9. The minimum atomic E-state index is -1.65. The topological polar surface area (TPSA) is 159 Å². The summed E-state index contributed by atoms with van der Waals surface area (Å²) in [6, 6.07) is 99.4. The van der Waals surface area contributed by atoms with Crippen molar-refractivity contribution < 1.29 is 76.2 Å². The van der Waals surface area contributed by atoms with Crippen LogP contribution in [0.2, 0.25) is 0 Å². The van der Waals surface area contributed by atoms with Gasteiger partial charge in [-0.25, -0.2) is 0 Å². The lowest BCUT2D eigenvalue weighted by molar-refractivity contribution is -0.380. The van der Waals surface area contributed by atoms with E-state index in [1.165, 1.54) is 0 Å². The molecule has 16 nitrogen and oxygen atoms in total. The van der Waals surface area contributed by atoms with E-state index in [1.807, 2.05) is 303 Å². The van der Waals surface area contributed by atoms with Crippen LogP contribution in [0, 0.1) is 0 Å². The van der Waals surface area contributed by atoms with Gasteiger partial charge in [0.25, 0.3) is 0 Å². The second-order valence-electron chi connectivity index (χ2n) is 26.2. The maximum atomic E-state index is 13.0. The van der Waals surface area contributed by atoms with Crippen LogP contribution in [0.3, 0.4) is 0 Å². The fourth-order valence-electron chi connectivity index (χ4n) is 13.2. The molecule has 0 amide bonds. The average Bonchev–Trinajstić information content (AvgIpc) is 0.771. The molecule has 0 bridgehead atoms. The first kappa shape index (κ1) is 73.9. The first-order valence-electron chi connectivity index (χ1n) is 35.9. The van der Waals surface area contributed by atoms with E-state index < -0.39 is 92.1 Å². The average molecular weight is 1410 g/mol. The summed E-state index contributed by atoms with van der Waals surface area (Å²) in [5.74, 6) is 0. The fraction of sp³-hybridized carbons (Fsp3) is 0.318. The van der Waals surface area contributed by atoms with Crippen molar-refractivity contribution in [2.24, 2.45) is 0 Å². The van der Waals surface area contributed by atoms with Gasteiger partial charge < -0.3 is 76.2 Å². The third kappa shape index (κ3) is 21.6. The molecule has 16 heteroatoms. The van der Waals surface area contributed by atoms with E-state index in [-0.39, 0.29) is 79.3 Å². The van der Waals surface area contributed by atoms with Gasteiger partial charge in [0.1, 0.15) is 73.2 Å². The quantitative estimate of drug-likeness (QED) is 0.0392. The number of aliphatic hydroxyl groups is 1. The SMILES string of the molecule is O[C@H]1O[C@H](CO[C@H]2O[C@H](COCc3ccccc3)[C@@H](OCc3ccccc3)[C@H](OCc3ccccc3)[C@@H]2OCc2ccccc2)[C@@H](OCc2ccccc2)[C@H](O[C@H]2O[C@H](COCc3ccccc3)[C@@H](OCc3ccccc3)[C@H](OCc3ccccc3)[C@@H]2OCc2ccccc2)[C@@H]1OCc1ccccc1. The lowest BCUT2D eigenvalue weighted by atomic mass is 9.95. The molecule has 104 heavy (non-hydrogen) atoms. The van der Waals surface area contributed by atoms with Crippen LogP contribution in [0.5, 0.6) is 0 Å². The summed E-state index contributed by atoms with van der Waals surface area (Å²) in [6.45, 7) is 1.78. The number of benzene rings is 10. The third-order valence-electron chi connectivity index (χ3n) is 18.6. The van der Waals surface area contributed by atoms with E-state index in [4.69, 9.17) is 71.1 Å². The Morgan fingerprint density at radius 2 is 0.423 bits per heavy atom. The first-order chi connectivity index (χ1) is 51.5. The Morgan fingerprint density at radius 1 is 0.202 bits per heavy atom. The molecular formula is C88H92O16. The highest BCUT2D eigenvalue weighted by atomic mass is 16.8. The van der Waals surface area contributed by atoms with Gasteiger partial charge in [-0.05, 0) is 55.6 Å². The van der Waals surface area contributed by atoms with Crippen LogP contribution in [-0.4, -0.2) is 117 Å². The molecule has 0 saturated carbocycles. The number of ether oxygens (including phenoxy) is 15. The summed E-state index contributed by atoms with van der Waals surface area (Å²) < 4.78 is 107. The Balaban J connectivity index is 0.886. The molecule has 3 aliphatic heterocycles. The second kappa shape index (κ2) is 39.6. The van der Waals surface area contributed by atoms with Crippen LogP contribution < -0.4 is 0 Å². The van der Waals surface area contributed by atoms with Gasteiger partial charge >= 0.3 is 0 Å². The number of aliphatic hydroxyl groups excluding tert-OH is 1. The Labute approximate surface area is 610 Å². The van der Waals surface area contributed by atoms with Crippen molar-refractivity contribution in [2.45, 2.75) is 158 Å². The van der Waals surface area contributed by atoms with Crippen LogP contribution in [0.25, 0.3) is 0 Å². The molecule has 0 aliphatic carbocycles. The third-order valence-corrected chi connectivity index (χ3v) is 18.6. The lowest BCUT2D eigenvalue weighted by Gasteiger charge is -2.50. The van der Waals surface area contributed by atoms with Gasteiger partial charge in [0.2, 0.25) is 0 Å². The van der Waals surface area contributed by atoms with Crippen LogP contribution >= 0.6 is 0 Å². The summed E-state index contributed by atoms with van der Waals surface area (Å²) in [6.07, 6.45) is -15.6. The van der Waals surface area contributed by atoms with E-state index in [0.717, 1.165) is 55.6 Å². The normalized spacial score (nSPS) is 24.8. The van der Waals surface area contributed by atoms with Crippen molar-refractivity contribution >= 4 is 0 Å². The molecule has 0 unspecified atom stereocenters. The van der Waals surface area contributed by atoms with E-state index in [0.29, 0.717) is 6.61 Å². The highest BCUT2D eigenvalue weighted by molar-refractivity contribution is 5.21. The molecule has 3 aliphatic rings. The molecule has 0 radical (unpaired) electrons. The standard InChI is InChI=1S/C88H92O16/c89-86-83(97-58-71-45-25-8-26-46-71)82(104-88-85(99-60-73-49-29-10-30-50-73)81(96-57-70-43-23-7-24-44-70)78(93-54-67-37-17-4-18-38-67)75(103-88)62-91-52-65-33-13-2-14-34-65)79(94-55-68-39-19-5-20-40-68)76(101-86)63-100-87-84(98-59-72-47-27-9-28-48-72)80(95-56-69-41-21-6-22-42-69)77(92-53-66-35-15-3-16-36-66)74(102-87)61-90-51-64-31-11-1-12-32-64/h1-50,74-89H,51-63H2/t74-,75-,76-,77-,78-,79-,80+,81+,82+,83+,84+,85+,86+,87+,88-/m1/s1. The van der Waals surface area contributed by atoms with Gasteiger partial charge in [0.15, 0.2) is 18.9 Å². The zero-order valence-corrected chi connectivity index (χ0v) is 58.3. The van der Waals surface area contributed by atoms with Crippen molar-refractivity contribution in [1.29, 1.82) is 0 Å². The van der Waals surface area contributed by atoms with Gasteiger partial charge in [0, 0.05) is 0 Å². The van der Waals surface area contributed by atoms with Crippen molar-refractivity contribution in [2.75, 3.05) is 19.8 Å². The maximum absolute atomic E-state index is 13.0. The smallest absolute Gasteiger partial charge is 0.187 e. The molecular weight excluding hydrogens is 1310 g/mol. The molecule has 3 saturated heterocycles. The number of hydrogen-bond donors (Lipinski definition) is 1. The summed E-state index contributed by atoms with van der Waals surface area (Å²) >= 11 is 0. The van der Waals surface area contributed by atoms with E-state index in [2.05, 4.69) is 0 Å². The molecule has 1 N–H and O–H groups in total. The Kier molecular flexibility index (Phi) is 28.1. The molecule has 0 spiro atoms. The maximum Gasteiger partial charge on any atom is 0.187 e. The highest BCUT2D eigenvalue weighted by Gasteiger charge is 2.56. The molecule has 0 aromatic heterocycles. The van der Waals surface area contributed by atoms with E-state index in [1.54, 1.807) is 0 Å². The summed E-state index contributed by atoms with van der Waals surface area (Å²) in [5, 5.41) is 13.0.